The van der Waals surface area contributed by atoms with Crippen molar-refractivity contribution in [1.82, 2.24) is 4.90 Å². The van der Waals surface area contributed by atoms with Gasteiger partial charge in [-0.2, -0.15) is 0 Å². The van der Waals surface area contributed by atoms with Crippen molar-refractivity contribution in [2.24, 2.45) is 11.8 Å². The van der Waals surface area contributed by atoms with Crippen LogP contribution in [0.1, 0.15) is 52.4 Å². The van der Waals surface area contributed by atoms with Crippen molar-refractivity contribution in [3.63, 3.8) is 0 Å². The highest BCUT2D eigenvalue weighted by Gasteiger charge is 2.14. The summed E-state index contributed by atoms with van der Waals surface area (Å²) in [5, 5.41) is 0. The maximum absolute atomic E-state index is 2.54. The third-order valence-electron chi connectivity index (χ3n) is 3.38. The molecule has 1 saturated carbocycles. The van der Waals surface area contributed by atoms with Crippen molar-refractivity contribution >= 4 is 0 Å². The van der Waals surface area contributed by atoms with Gasteiger partial charge in [-0.1, -0.05) is 33.1 Å². The van der Waals surface area contributed by atoms with E-state index in [0.717, 1.165) is 11.8 Å². The summed E-state index contributed by atoms with van der Waals surface area (Å²) in [5.41, 5.74) is 0. The molecule has 1 rings (SSSR count). The largest absolute Gasteiger partial charge is 0.306 e. The van der Waals surface area contributed by atoms with Gasteiger partial charge in [-0.05, 0) is 44.7 Å². The fourth-order valence-electron chi connectivity index (χ4n) is 2.38. The van der Waals surface area contributed by atoms with Gasteiger partial charge in [0.2, 0.25) is 0 Å². The Labute approximate surface area is 89.9 Å². The van der Waals surface area contributed by atoms with E-state index < -0.39 is 0 Å². The highest BCUT2D eigenvalue weighted by Crippen LogP contribution is 2.24. The standard InChI is InChI=1S/C13H27N/c1-12(2)9-10-14(3)11-13-7-5-4-6-8-13/h12-13H,4-11H2,1-3H3. The average Bonchev–Trinajstić information content (AvgIpc) is 2.16. The SMILES string of the molecule is CC(C)CCN(C)CC1CCCCC1. The van der Waals surface area contributed by atoms with E-state index in [0.29, 0.717) is 0 Å². The van der Waals surface area contributed by atoms with E-state index in [1.54, 1.807) is 0 Å². The van der Waals surface area contributed by atoms with Gasteiger partial charge in [0.15, 0.2) is 0 Å². The molecule has 0 aliphatic heterocycles. The number of nitrogens with zero attached hydrogens (tertiary/aromatic N) is 1. The van der Waals surface area contributed by atoms with E-state index in [4.69, 9.17) is 0 Å². The van der Waals surface area contributed by atoms with Gasteiger partial charge in [0.1, 0.15) is 0 Å². The van der Waals surface area contributed by atoms with Crippen LogP contribution >= 0.6 is 0 Å². The van der Waals surface area contributed by atoms with Crippen LogP contribution in [0.25, 0.3) is 0 Å². The van der Waals surface area contributed by atoms with Crippen LogP contribution in [0.4, 0.5) is 0 Å². The monoisotopic (exact) mass is 197 g/mol. The molecule has 1 aliphatic rings. The Morgan fingerprint density at radius 3 is 2.36 bits per heavy atom. The van der Waals surface area contributed by atoms with E-state index in [-0.39, 0.29) is 0 Å². The van der Waals surface area contributed by atoms with Crippen molar-refractivity contribution < 1.29 is 0 Å². The number of hydrogen-bond donors (Lipinski definition) is 0. The molecule has 1 aliphatic carbocycles. The molecule has 1 nitrogen and oxygen atoms in total. The summed E-state index contributed by atoms with van der Waals surface area (Å²) >= 11 is 0. The normalized spacial score (nSPS) is 19.5. The minimum absolute atomic E-state index is 0.851. The second-order valence-corrected chi connectivity index (χ2v) is 5.45. The summed E-state index contributed by atoms with van der Waals surface area (Å²) in [6, 6.07) is 0. The van der Waals surface area contributed by atoms with Crippen molar-refractivity contribution in [2.45, 2.75) is 52.4 Å². The summed E-state index contributed by atoms with van der Waals surface area (Å²) in [5.74, 6) is 1.85. The number of rotatable bonds is 5. The molecule has 0 aromatic heterocycles. The fourth-order valence-corrected chi connectivity index (χ4v) is 2.38. The van der Waals surface area contributed by atoms with Crippen LogP contribution in [-0.2, 0) is 0 Å². The lowest BCUT2D eigenvalue weighted by molar-refractivity contribution is 0.225. The van der Waals surface area contributed by atoms with Gasteiger partial charge in [-0.15, -0.1) is 0 Å². The van der Waals surface area contributed by atoms with Crippen LogP contribution in [0.15, 0.2) is 0 Å². The first-order chi connectivity index (χ1) is 6.68. The van der Waals surface area contributed by atoms with Gasteiger partial charge in [0.05, 0.1) is 0 Å². The quantitative estimate of drug-likeness (QED) is 0.651. The molecule has 0 spiro atoms. The Hall–Kier alpha value is -0.0400. The molecule has 0 aromatic rings. The van der Waals surface area contributed by atoms with Crippen molar-refractivity contribution in [1.29, 1.82) is 0 Å². The van der Waals surface area contributed by atoms with E-state index in [9.17, 15) is 0 Å². The molecule has 0 N–H and O–H groups in total. The zero-order valence-electron chi connectivity index (χ0n) is 10.3. The minimum atomic E-state index is 0.851. The lowest BCUT2D eigenvalue weighted by Crippen LogP contribution is -2.28. The van der Waals surface area contributed by atoms with Gasteiger partial charge in [0.25, 0.3) is 0 Å². The smallest absolute Gasteiger partial charge is 0.000661 e. The van der Waals surface area contributed by atoms with E-state index in [1.807, 2.05) is 0 Å². The molecule has 0 atom stereocenters. The summed E-state index contributed by atoms with van der Waals surface area (Å²) in [7, 11) is 2.29. The molecule has 1 fully saturated rings. The first-order valence-electron chi connectivity index (χ1n) is 6.37. The minimum Gasteiger partial charge on any atom is -0.306 e. The molecule has 0 unspecified atom stereocenters. The molecule has 0 aromatic carbocycles. The predicted octanol–water partition coefficient (Wildman–Crippen LogP) is 3.54. The summed E-state index contributed by atoms with van der Waals surface area (Å²) in [4.78, 5) is 2.54. The van der Waals surface area contributed by atoms with Crippen molar-refractivity contribution in [3.8, 4) is 0 Å². The van der Waals surface area contributed by atoms with Crippen LogP contribution in [0.3, 0.4) is 0 Å². The maximum atomic E-state index is 2.54. The third kappa shape index (κ3) is 4.99. The molecule has 14 heavy (non-hydrogen) atoms. The fraction of sp³-hybridized carbons (Fsp3) is 1.00. The first kappa shape index (κ1) is 12.0. The first-order valence-corrected chi connectivity index (χ1v) is 6.37. The molecular formula is C13H27N. The molecule has 1 heteroatoms. The van der Waals surface area contributed by atoms with E-state index in [1.165, 1.54) is 51.6 Å². The zero-order valence-corrected chi connectivity index (χ0v) is 10.3. The van der Waals surface area contributed by atoms with Crippen LogP contribution < -0.4 is 0 Å². The van der Waals surface area contributed by atoms with Crippen LogP contribution in [0.5, 0.6) is 0 Å². The molecule has 0 heterocycles. The van der Waals surface area contributed by atoms with E-state index >= 15 is 0 Å². The topological polar surface area (TPSA) is 3.24 Å². The summed E-state index contributed by atoms with van der Waals surface area (Å²) < 4.78 is 0. The van der Waals surface area contributed by atoms with Gasteiger partial charge >= 0.3 is 0 Å². The third-order valence-corrected chi connectivity index (χ3v) is 3.38. The van der Waals surface area contributed by atoms with E-state index in [2.05, 4.69) is 25.8 Å². The predicted molar refractivity (Wildman–Crippen MR) is 63.5 cm³/mol. The molecule has 0 bridgehead atoms. The maximum Gasteiger partial charge on any atom is 0.000661 e. The van der Waals surface area contributed by atoms with Gasteiger partial charge in [0, 0.05) is 6.54 Å². The Morgan fingerprint density at radius 2 is 1.79 bits per heavy atom. The zero-order chi connectivity index (χ0) is 10.4. The van der Waals surface area contributed by atoms with Crippen molar-refractivity contribution in [2.75, 3.05) is 20.1 Å². The Morgan fingerprint density at radius 1 is 1.14 bits per heavy atom. The van der Waals surface area contributed by atoms with Crippen LogP contribution in [-0.4, -0.2) is 25.0 Å². The second-order valence-electron chi connectivity index (χ2n) is 5.45. The Bertz CT molecular complexity index is 136. The Kier molecular flexibility index (Phi) is 5.54. The lowest BCUT2D eigenvalue weighted by atomic mass is 9.89. The Balaban J connectivity index is 2.09. The summed E-state index contributed by atoms with van der Waals surface area (Å²) in [6.07, 6.45) is 8.73. The molecule has 84 valence electrons. The van der Waals surface area contributed by atoms with Crippen molar-refractivity contribution in [3.05, 3.63) is 0 Å². The van der Waals surface area contributed by atoms with Crippen LogP contribution in [0.2, 0.25) is 0 Å². The highest BCUT2D eigenvalue weighted by molar-refractivity contribution is 4.69. The number of hydrogen-bond acceptors (Lipinski definition) is 1. The summed E-state index contributed by atoms with van der Waals surface area (Å²) in [6.45, 7) is 7.25. The van der Waals surface area contributed by atoms with Gasteiger partial charge in [-0.25, -0.2) is 0 Å². The van der Waals surface area contributed by atoms with Crippen LogP contribution in [0, 0.1) is 11.8 Å². The second kappa shape index (κ2) is 6.44. The van der Waals surface area contributed by atoms with Gasteiger partial charge < -0.3 is 4.90 Å². The molecule has 0 radical (unpaired) electrons. The van der Waals surface area contributed by atoms with Gasteiger partial charge in [-0.3, -0.25) is 0 Å². The molecule has 0 amide bonds. The molecule has 0 saturated heterocycles. The highest BCUT2D eigenvalue weighted by atomic mass is 15.1. The molecular weight excluding hydrogens is 170 g/mol. The average molecular weight is 197 g/mol. The lowest BCUT2D eigenvalue weighted by Gasteiger charge is -2.27.